The van der Waals surface area contributed by atoms with E-state index in [1.165, 1.54) is 18.2 Å². The van der Waals surface area contributed by atoms with Gasteiger partial charge in [0.1, 0.15) is 11.9 Å². The molecular weight excluding hydrogens is 309 g/mol. The van der Waals surface area contributed by atoms with Crippen LogP contribution >= 0.6 is 0 Å². The Kier molecular flexibility index (Phi) is 5.94. The van der Waals surface area contributed by atoms with Gasteiger partial charge in [0, 0.05) is 12.1 Å². The third-order valence-electron chi connectivity index (χ3n) is 4.74. The van der Waals surface area contributed by atoms with E-state index in [2.05, 4.69) is 0 Å². The van der Waals surface area contributed by atoms with Gasteiger partial charge in [-0.15, -0.1) is 0 Å². The molecule has 0 radical (unpaired) electrons. The Balaban J connectivity index is 2.14. The number of benzene rings is 1. The van der Waals surface area contributed by atoms with E-state index in [9.17, 15) is 14.0 Å². The first-order valence-corrected chi connectivity index (χ1v) is 8.37. The number of piperidine rings is 1. The SMILES string of the molecule is C[C@@H]1CCC[C@H](C)N1C(=O)CN(C)[C@H](C(N)=O)c1cccc(F)c1. The van der Waals surface area contributed by atoms with Crippen molar-refractivity contribution < 1.29 is 14.0 Å². The number of nitrogens with two attached hydrogens (primary N) is 1. The van der Waals surface area contributed by atoms with Crippen molar-refractivity contribution in [2.24, 2.45) is 5.73 Å². The van der Waals surface area contributed by atoms with Gasteiger partial charge in [0.25, 0.3) is 0 Å². The van der Waals surface area contributed by atoms with E-state index in [1.807, 2.05) is 18.7 Å². The Labute approximate surface area is 142 Å². The van der Waals surface area contributed by atoms with Crippen LogP contribution in [0.25, 0.3) is 0 Å². The zero-order chi connectivity index (χ0) is 17.9. The lowest BCUT2D eigenvalue weighted by Gasteiger charge is -2.40. The topological polar surface area (TPSA) is 66.6 Å². The van der Waals surface area contributed by atoms with Gasteiger partial charge in [-0.3, -0.25) is 14.5 Å². The number of halogens is 1. The number of carbonyl (C=O) groups is 2. The van der Waals surface area contributed by atoms with Crippen LogP contribution in [-0.4, -0.2) is 47.3 Å². The van der Waals surface area contributed by atoms with Gasteiger partial charge in [-0.2, -0.15) is 0 Å². The molecule has 132 valence electrons. The normalized spacial score (nSPS) is 22.5. The van der Waals surface area contributed by atoms with E-state index in [1.54, 1.807) is 18.0 Å². The summed E-state index contributed by atoms with van der Waals surface area (Å²) in [6.45, 7) is 4.16. The molecule has 1 heterocycles. The summed E-state index contributed by atoms with van der Waals surface area (Å²) < 4.78 is 13.5. The fourth-order valence-corrected chi connectivity index (χ4v) is 3.61. The maximum absolute atomic E-state index is 13.5. The number of amides is 2. The Morgan fingerprint density at radius 3 is 2.50 bits per heavy atom. The molecule has 0 spiro atoms. The van der Waals surface area contributed by atoms with Gasteiger partial charge in [-0.25, -0.2) is 4.39 Å². The number of primary amides is 1. The summed E-state index contributed by atoms with van der Waals surface area (Å²) in [5.74, 6) is -1.06. The highest BCUT2D eigenvalue weighted by Gasteiger charge is 2.32. The number of carbonyl (C=O) groups excluding carboxylic acids is 2. The second kappa shape index (κ2) is 7.75. The molecule has 2 amide bonds. The third kappa shape index (κ3) is 4.12. The predicted octanol–water partition coefficient (Wildman–Crippen LogP) is 2.07. The molecule has 1 aliphatic heterocycles. The molecule has 1 saturated heterocycles. The number of hydrogen-bond acceptors (Lipinski definition) is 3. The van der Waals surface area contributed by atoms with Crippen LogP contribution in [0.15, 0.2) is 24.3 Å². The number of rotatable bonds is 5. The maximum Gasteiger partial charge on any atom is 0.239 e. The zero-order valence-electron chi connectivity index (χ0n) is 14.5. The van der Waals surface area contributed by atoms with Crippen LogP contribution in [0.2, 0.25) is 0 Å². The molecule has 1 aliphatic rings. The molecule has 0 unspecified atom stereocenters. The molecule has 2 rings (SSSR count). The van der Waals surface area contributed by atoms with Crippen molar-refractivity contribution in [2.75, 3.05) is 13.6 Å². The minimum absolute atomic E-state index is 0.0279. The highest BCUT2D eigenvalue weighted by Crippen LogP contribution is 2.24. The molecule has 0 saturated carbocycles. The minimum atomic E-state index is -0.833. The molecule has 6 heteroatoms. The average Bonchev–Trinajstić information content (AvgIpc) is 2.46. The van der Waals surface area contributed by atoms with E-state index < -0.39 is 17.8 Å². The highest BCUT2D eigenvalue weighted by molar-refractivity contribution is 5.83. The van der Waals surface area contributed by atoms with Crippen LogP contribution in [0.3, 0.4) is 0 Å². The lowest BCUT2D eigenvalue weighted by molar-refractivity contribution is -0.139. The monoisotopic (exact) mass is 335 g/mol. The molecule has 0 bridgehead atoms. The molecule has 5 nitrogen and oxygen atoms in total. The Bertz CT molecular complexity index is 598. The summed E-state index contributed by atoms with van der Waals surface area (Å²) in [7, 11) is 1.66. The van der Waals surface area contributed by atoms with Crippen molar-refractivity contribution in [3.8, 4) is 0 Å². The number of hydrogen-bond donors (Lipinski definition) is 1. The largest absolute Gasteiger partial charge is 0.368 e. The van der Waals surface area contributed by atoms with Gasteiger partial charge < -0.3 is 10.6 Å². The average molecular weight is 335 g/mol. The molecule has 0 aliphatic carbocycles. The van der Waals surface area contributed by atoms with E-state index >= 15 is 0 Å². The molecule has 24 heavy (non-hydrogen) atoms. The number of likely N-dealkylation sites (tertiary alicyclic amines) is 1. The Morgan fingerprint density at radius 2 is 1.96 bits per heavy atom. The van der Waals surface area contributed by atoms with Gasteiger partial charge in [-0.05, 0) is 57.9 Å². The summed E-state index contributed by atoms with van der Waals surface area (Å²) in [4.78, 5) is 28.1. The van der Waals surface area contributed by atoms with Crippen molar-refractivity contribution in [2.45, 2.75) is 51.2 Å². The van der Waals surface area contributed by atoms with E-state index in [0.29, 0.717) is 5.56 Å². The second-order valence-electron chi connectivity index (χ2n) is 6.70. The standard InChI is InChI=1S/C18H26FN3O2/c1-12-6-4-7-13(2)22(12)16(23)11-21(3)17(18(20)24)14-8-5-9-15(19)10-14/h5,8-10,12-13,17H,4,6-7,11H2,1-3H3,(H2,20,24)/t12-,13+,17-/m0/s1. The summed E-state index contributed by atoms with van der Waals surface area (Å²) in [6.07, 6.45) is 3.10. The summed E-state index contributed by atoms with van der Waals surface area (Å²) in [5.41, 5.74) is 5.96. The van der Waals surface area contributed by atoms with E-state index in [0.717, 1.165) is 19.3 Å². The van der Waals surface area contributed by atoms with E-state index in [-0.39, 0.29) is 24.5 Å². The maximum atomic E-state index is 13.5. The lowest BCUT2D eigenvalue weighted by Crippen LogP contribution is -2.51. The molecule has 1 aromatic rings. The first-order valence-electron chi connectivity index (χ1n) is 8.37. The van der Waals surface area contributed by atoms with Crippen molar-refractivity contribution in [3.63, 3.8) is 0 Å². The molecule has 0 aromatic heterocycles. The van der Waals surface area contributed by atoms with Crippen LogP contribution in [0, 0.1) is 5.82 Å². The fourth-order valence-electron chi connectivity index (χ4n) is 3.61. The summed E-state index contributed by atoms with van der Waals surface area (Å²) in [6, 6.07) is 5.31. The summed E-state index contributed by atoms with van der Waals surface area (Å²) in [5, 5.41) is 0. The molecule has 3 atom stereocenters. The Morgan fingerprint density at radius 1 is 1.33 bits per heavy atom. The third-order valence-corrected chi connectivity index (χ3v) is 4.74. The quantitative estimate of drug-likeness (QED) is 0.896. The van der Waals surface area contributed by atoms with E-state index in [4.69, 9.17) is 5.73 Å². The molecule has 1 aromatic carbocycles. The first-order chi connectivity index (χ1) is 11.3. The van der Waals surface area contributed by atoms with Crippen LogP contribution in [0.1, 0.15) is 44.7 Å². The van der Waals surface area contributed by atoms with Crippen molar-refractivity contribution in [3.05, 3.63) is 35.6 Å². The van der Waals surface area contributed by atoms with Crippen LogP contribution in [0.4, 0.5) is 4.39 Å². The first kappa shape index (κ1) is 18.4. The summed E-state index contributed by atoms with van der Waals surface area (Å²) >= 11 is 0. The van der Waals surface area contributed by atoms with Crippen LogP contribution in [0.5, 0.6) is 0 Å². The number of likely N-dealkylation sites (N-methyl/N-ethyl adjacent to an activating group) is 1. The number of nitrogens with zero attached hydrogens (tertiary/aromatic N) is 2. The van der Waals surface area contributed by atoms with Gasteiger partial charge in [0.05, 0.1) is 6.54 Å². The minimum Gasteiger partial charge on any atom is -0.368 e. The van der Waals surface area contributed by atoms with Gasteiger partial charge in [0.2, 0.25) is 11.8 Å². The second-order valence-corrected chi connectivity index (χ2v) is 6.70. The molecule has 2 N–H and O–H groups in total. The highest BCUT2D eigenvalue weighted by atomic mass is 19.1. The van der Waals surface area contributed by atoms with Crippen LogP contribution in [-0.2, 0) is 9.59 Å². The van der Waals surface area contributed by atoms with Gasteiger partial charge >= 0.3 is 0 Å². The smallest absolute Gasteiger partial charge is 0.239 e. The van der Waals surface area contributed by atoms with Gasteiger partial charge in [0.15, 0.2) is 0 Å². The zero-order valence-corrected chi connectivity index (χ0v) is 14.5. The Hall–Kier alpha value is -1.95. The lowest BCUT2D eigenvalue weighted by atomic mass is 9.97. The van der Waals surface area contributed by atoms with Crippen LogP contribution < -0.4 is 5.73 Å². The predicted molar refractivity (Wildman–Crippen MR) is 90.6 cm³/mol. The van der Waals surface area contributed by atoms with Crippen molar-refractivity contribution in [1.29, 1.82) is 0 Å². The van der Waals surface area contributed by atoms with Gasteiger partial charge in [-0.1, -0.05) is 12.1 Å². The van der Waals surface area contributed by atoms with Crippen molar-refractivity contribution in [1.82, 2.24) is 9.80 Å². The molecular formula is C18H26FN3O2. The van der Waals surface area contributed by atoms with Crippen molar-refractivity contribution >= 4 is 11.8 Å². The molecule has 1 fully saturated rings. The fraction of sp³-hybridized carbons (Fsp3) is 0.556.